The lowest BCUT2D eigenvalue weighted by Crippen LogP contribution is -2.39. The molecule has 1 aliphatic heterocycles. The molecule has 1 atom stereocenters. The van der Waals surface area contributed by atoms with Crippen molar-refractivity contribution in [2.75, 3.05) is 11.4 Å². The van der Waals surface area contributed by atoms with Crippen LogP contribution in [0.2, 0.25) is 0 Å². The summed E-state index contributed by atoms with van der Waals surface area (Å²) in [6.45, 7) is 0.686. The van der Waals surface area contributed by atoms with E-state index in [0.717, 1.165) is 36.2 Å². The van der Waals surface area contributed by atoms with E-state index < -0.39 is 11.3 Å². The van der Waals surface area contributed by atoms with Gasteiger partial charge in [0.1, 0.15) is 5.65 Å². The summed E-state index contributed by atoms with van der Waals surface area (Å²) in [5.41, 5.74) is 5.59. The van der Waals surface area contributed by atoms with Crippen molar-refractivity contribution in [3.63, 3.8) is 0 Å². The van der Waals surface area contributed by atoms with Gasteiger partial charge in [-0.1, -0.05) is 6.07 Å². The molecule has 3 aromatic rings. The van der Waals surface area contributed by atoms with Gasteiger partial charge >= 0.3 is 0 Å². The number of fused-ring (bicyclic) bond motifs is 2. The fourth-order valence-electron chi connectivity index (χ4n) is 4.60. The van der Waals surface area contributed by atoms with Crippen molar-refractivity contribution in [2.24, 2.45) is 5.41 Å². The van der Waals surface area contributed by atoms with E-state index in [9.17, 15) is 9.59 Å². The van der Waals surface area contributed by atoms with Crippen LogP contribution in [0, 0.1) is 5.41 Å². The number of anilines is 1. The van der Waals surface area contributed by atoms with Crippen LogP contribution in [0.1, 0.15) is 34.3 Å². The first-order valence-electron chi connectivity index (χ1n) is 9.41. The molecule has 2 N–H and O–H groups in total. The molecule has 2 amide bonds. The first kappa shape index (κ1) is 16.9. The van der Waals surface area contributed by atoms with Crippen LogP contribution in [-0.2, 0) is 17.6 Å². The number of imidazole rings is 1. The van der Waals surface area contributed by atoms with Crippen molar-refractivity contribution in [3.8, 4) is 0 Å². The summed E-state index contributed by atoms with van der Waals surface area (Å²) < 4.78 is 1.92. The van der Waals surface area contributed by atoms with Crippen LogP contribution in [0.4, 0.5) is 5.69 Å². The first-order valence-corrected chi connectivity index (χ1v) is 9.41. The number of amides is 2. The highest BCUT2D eigenvalue weighted by Gasteiger charge is 2.48. The Morgan fingerprint density at radius 1 is 1.18 bits per heavy atom. The quantitative estimate of drug-likeness (QED) is 0.531. The summed E-state index contributed by atoms with van der Waals surface area (Å²) >= 11 is 0. The number of hydrogen-bond donors (Lipinski definition) is 2. The molecule has 1 aliphatic carbocycles. The number of pyridine rings is 1. The standard InChI is InChI=1S/C21H20N4O3/c26-19(23-28)15-2-1-14-5-6-21(12-16(14)11-15)7-9-25(20(21)27)17-3-4-18-22-8-10-24(18)13-17/h1-4,8,10-11,13,28H,5-7,9,12H2,(H,23,26). The molecule has 28 heavy (non-hydrogen) atoms. The predicted octanol–water partition coefficient (Wildman–Crippen LogP) is 2.37. The van der Waals surface area contributed by atoms with Gasteiger partial charge in [0.05, 0.1) is 11.1 Å². The lowest BCUT2D eigenvalue weighted by molar-refractivity contribution is -0.126. The van der Waals surface area contributed by atoms with Crippen molar-refractivity contribution in [1.29, 1.82) is 0 Å². The summed E-state index contributed by atoms with van der Waals surface area (Å²) in [5, 5.41) is 8.89. The topological polar surface area (TPSA) is 86.9 Å². The molecule has 0 saturated carbocycles. The number of aryl methyl sites for hydroxylation is 1. The molecule has 0 radical (unpaired) electrons. The molecule has 1 aromatic carbocycles. The van der Waals surface area contributed by atoms with Gasteiger partial charge in [0.15, 0.2) is 0 Å². The number of nitrogens with zero attached hydrogens (tertiary/aromatic N) is 3. The number of carbonyl (C=O) groups is 2. The summed E-state index contributed by atoms with van der Waals surface area (Å²) in [4.78, 5) is 31.3. The van der Waals surface area contributed by atoms with Crippen LogP contribution in [0.25, 0.3) is 5.65 Å². The van der Waals surface area contributed by atoms with E-state index in [2.05, 4.69) is 4.98 Å². The average molecular weight is 376 g/mol. The normalized spacial score (nSPS) is 21.3. The molecule has 1 saturated heterocycles. The van der Waals surface area contributed by atoms with Gasteiger partial charge in [-0.25, -0.2) is 10.5 Å². The van der Waals surface area contributed by atoms with Crippen LogP contribution in [0.5, 0.6) is 0 Å². The van der Waals surface area contributed by atoms with Gasteiger partial charge in [0.25, 0.3) is 5.91 Å². The number of hydrogen-bond acceptors (Lipinski definition) is 4. The third-order valence-electron chi connectivity index (χ3n) is 6.17. The summed E-state index contributed by atoms with van der Waals surface area (Å²) in [6.07, 6.45) is 8.61. The minimum Gasteiger partial charge on any atom is -0.310 e. The fourth-order valence-corrected chi connectivity index (χ4v) is 4.60. The highest BCUT2D eigenvalue weighted by molar-refractivity contribution is 6.00. The van der Waals surface area contributed by atoms with E-state index >= 15 is 0 Å². The van der Waals surface area contributed by atoms with E-state index in [1.807, 2.05) is 39.9 Å². The lowest BCUT2D eigenvalue weighted by atomic mass is 9.70. The molecule has 5 rings (SSSR count). The number of hydroxylamine groups is 1. The van der Waals surface area contributed by atoms with Crippen molar-refractivity contribution < 1.29 is 14.8 Å². The predicted molar refractivity (Wildman–Crippen MR) is 102 cm³/mol. The highest BCUT2D eigenvalue weighted by Crippen LogP contribution is 2.45. The molecule has 142 valence electrons. The Hall–Kier alpha value is -3.19. The zero-order valence-electron chi connectivity index (χ0n) is 15.3. The van der Waals surface area contributed by atoms with Gasteiger partial charge in [-0.2, -0.15) is 0 Å². The maximum Gasteiger partial charge on any atom is 0.274 e. The van der Waals surface area contributed by atoms with Crippen molar-refractivity contribution in [1.82, 2.24) is 14.9 Å². The molecule has 7 heteroatoms. The second-order valence-electron chi connectivity index (χ2n) is 7.67. The van der Waals surface area contributed by atoms with Crippen LogP contribution in [0.3, 0.4) is 0 Å². The molecule has 1 fully saturated rings. The van der Waals surface area contributed by atoms with E-state index in [4.69, 9.17) is 5.21 Å². The van der Waals surface area contributed by atoms with Gasteiger partial charge in [0, 0.05) is 30.7 Å². The van der Waals surface area contributed by atoms with Crippen molar-refractivity contribution in [3.05, 3.63) is 65.6 Å². The fraction of sp³-hybridized carbons (Fsp3) is 0.286. The second kappa shape index (κ2) is 6.17. The summed E-state index contributed by atoms with van der Waals surface area (Å²) in [5.74, 6) is -0.384. The van der Waals surface area contributed by atoms with Crippen LogP contribution in [-0.4, -0.2) is 33.0 Å². The molecule has 0 bridgehead atoms. The maximum atomic E-state index is 13.4. The Bertz CT molecular complexity index is 1110. The molecular weight excluding hydrogens is 356 g/mol. The second-order valence-corrected chi connectivity index (χ2v) is 7.67. The van der Waals surface area contributed by atoms with Crippen LogP contribution < -0.4 is 10.4 Å². The van der Waals surface area contributed by atoms with Crippen molar-refractivity contribution in [2.45, 2.75) is 25.7 Å². The summed E-state index contributed by atoms with van der Waals surface area (Å²) in [7, 11) is 0. The Balaban J connectivity index is 1.45. The largest absolute Gasteiger partial charge is 0.310 e. The molecule has 1 spiro atoms. The number of rotatable bonds is 2. The molecule has 7 nitrogen and oxygen atoms in total. The Kier molecular flexibility index (Phi) is 3.73. The van der Waals surface area contributed by atoms with Crippen molar-refractivity contribution >= 4 is 23.1 Å². The third-order valence-corrected chi connectivity index (χ3v) is 6.17. The molecule has 2 aromatic heterocycles. The van der Waals surface area contributed by atoms with E-state index in [0.29, 0.717) is 18.5 Å². The van der Waals surface area contributed by atoms with E-state index in [1.165, 1.54) is 5.56 Å². The zero-order chi connectivity index (χ0) is 19.3. The molecule has 2 aliphatic rings. The number of aromatic nitrogens is 2. The zero-order valence-corrected chi connectivity index (χ0v) is 15.3. The SMILES string of the molecule is O=C(NO)c1ccc2c(c1)CC1(CC2)CCN(c2ccc3nccn3c2)C1=O. The smallest absolute Gasteiger partial charge is 0.274 e. The monoisotopic (exact) mass is 376 g/mol. The minimum absolute atomic E-state index is 0.148. The molecule has 1 unspecified atom stereocenters. The Labute approximate surface area is 161 Å². The average Bonchev–Trinajstić information content (AvgIpc) is 3.31. The van der Waals surface area contributed by atoms with Gasteiger partial charge in [-0.3, -0.25) is 14.8 Å². The van der Waals surface area contributed by atoms with E-state index in [1.54, 1.807) is 23.8 Å². The van der Waals surface area contributed by atoms with Gasteiger partial charge < -0.3 is 9.30 Å². The first-order chi connectivity index (χ1) is 13.6. The number of nitrogens with one attached hydrogen (secondary N) is 1. The summed E-state index contributed by atoms with van der Waals surface area (Å²) in [6, 6.07) is 9.31. The van der Waals surface area contributed by atoms with Gasteiger partial charge in [-0.15, -0.1) is 0 Å². The van der Waals surface area contributed by atoms with Gasteiger partial charge in [-0.05, 0) is 61.1 Å². The van der Waals surface area contributed by atoms with Gasteiger partial charge in [0.2, 0.25) is 5.91 Å². The third kappa shape index (κ3) is 2.51. The Morgan fingerprint density at radius 3 is 2.93 bits per heavy atom. The number of benzene rings is 1. The number of carbonyl (C=O) groups excluding carboxylic acids is 2. The van der Waals surface area contributed by atoms with Crippen LogP contribution >= 0.6 is 0 Å². The molecular formula is C21H20N4O3. The lowest BCUT2D eigenvalue weighted by Gasteiger charge is -2.33. The Morgan fingerprint density at radius 2 is 2.07 bits per heavy atom. The van der Waals surface area contributed by atoms with E-state index in [-0.39, 0.29) is 5.91 Å². The highest BCUT2D eigenvalue weighted by atomic mass is 16.5. The maximum absolute atomic E-state index is 13.4. The minimum atomic E-state index is -0.532. The van der Waals surface area contributed by atoms with Crippen LogP contribution in [0.15, 0.2) is 48.9 Å². The molecule has 3 heterocycles.